The van der Waals surface area contributed by atoms with Gasteiger partial charge < -0.3 is 15.5 Å². The van der Waals surface area contributed by atoms with Crippen LogP contribution >= 0.6 is 11.6 Å². The van der Waals surface area contributed by atoms with Gasteiger partial charge in [0.1, 0.15) is 5.54 Å². The van der Waals surface area contributed by atoms with E-state index in [9.17, 15) is 39.6 Å². The van der Waals surface area contributed by atoms with Crippen molar-refractivity contribution in [1.29, 1.82) is 0 Å². The zero-order valence-electron chi connectivity index (χ0n) is 24.9. The van der Waals surface area contributed by atoms with Crippen molar-refractivity contribution in [3.05, 3.63) is 59.1 Å². The van der Waals surface area contributed by atoms with E-state index < -0.39 is 59.3 Å². The summed E-state index contributed by atoms with van der Waals surface area (Å²) < 4.78 is 87.7. The van der Waals surface area contributed by atoms with Gasteiger partial charge in [-0.05, 0) is 64.1 Å². The van der Waals surface area contributed by atoms with E-state index >= 15 is 0 Å². The van der Waals surface area contributed by atoms with Crippen LogP contribution in [0.15, 0.2) is 58.3 Å². The van der Waals surface area contributed by atoms with Gasteiger partial charge in [-0.3, -0.25) is 4.79 Å². The van der Waals surface area contributed by atoms with Crippen LogP contribution < -0.4 is 15.5 Å². The summed E-state index contributed by atoms with van der Waals surface area (Å²) in [6.45, 7) is 7.40. The van der Waals surface area contributed by atoms with E-state index in [2.05, 4.69) is 10.6 Å². The van der Waals surface area contributed by atoms with Gasteiger partial charge in [-0.15, -0.1) is 0 Å². The van der Waals surface area contributed by atoms with E-state index in [-0.39, 0.29) is 34.4 Å². The first-order chi connectivity index (χ1) is 20.0. The van der Waals surface area contributed by atoms with Gasteiger partial charge in [-0.2, -0.15) is 13.2 Å². The Hall–Kier alpha value is -3.14. The summed E-state index contributed by atoms with van der Waals surface area (Å²) in [5, 5.41) is 6.01. The fourth-order valence-corrected chi connectivity index (χ4v) is 6.68. The molecule has 0 spiro atoms. The second-order valence-corrected chi connectivity index (χ2v) is 15.9. The molecule has 0 unspecified atom stereocenters. The molecule has 1 saturated heterocycles. The van der Waals surface area contributed by atoms with Gasteiger partial charge in [0, 0.05) is 43.4 Å². The third-order valence-electron chi connectivity index (χ3n) is 6.97. The number of anilines is 2. The van der Waals surface area contributed by atoms with E-state index in [0.29, 0.717) is 6.54 Å². The number of benzene rings is 2. The van der Waals surface area contributed by atoms with Crippen LogP contribution in [0.4, 0.5) is 29.3 Å². The number of halogens is 4. The molecule has 2 N–H and O–H groups in total. The lowest BCUT2D eigenvalue weighted by molar-refractivity contribution is -0.139. The van der Waals surface area contributed by atoms with Gasteiger partial charge in [0.15, 0.2) is 19.7 Å². The molecule has 2 aromatic carbocycles. The van der Waals surface area contributed by atoms with Crippen LogP contribution in [0.1, 0.15) is 33.3 Å². The highest BCUT2D eigenvalue weighted by Crippen LogP contribution is 2.37. The number of imide groups is 1. The summed E-state index contributed by atoms with van der Waals surface area (Å²) in [6, 6.07) is 6.20. The molecule has 10 nitrogen and oxygen atoms in total. The highest BCUT2D eigenvalue weighted by molar-refractivity contribution is 7.91. The van der Waals surface area contributed by atoms with E-state index in [1.165, 1.54) is 29.2 Å². The maximum absolute atomic E-state index is 13.5. The Balaban J connectivity index is 1.63. The summed E-state index contributed by atoms with van der Waals surface area (Å²) in [6.07, 6.45) is 0.289. The van der Waals surface area contributed by atoms with Crippen LogP contribution in [0.2, 0.25) is 5.02 Å². The first-order valence-corrected chi connectivity index (χ1v) is 17.3. The monoisotopic (exact) mass is 678 g/mol. The third-order valence-corrected chi connectivity index (χ3v) is 9.70. The topological polar surface area (TPSA) is 133 Å². The largest absolute Gasteiger partial charge is 0.417 e. The summed E-state index contributed by atoms with van der Waals surface area (Å²) in [5.41, 5.74) is -2.83. The number of alkyl halides is 3. The fraction of sp³-hybridized carbons (Fsp3) is 0.429. The standard InChI is InChI=1S/C28H34ClF3N4O6S2/c1-26(2,17-33-18-9-11-22(43(5,39)40)20(15-18)28(30,31)32)34-13-7-8-14-35-25(38)36(24(37)27(35,3)4)19-10-12-23(21(29)16-19)44(6,41)42/h7-12,15-16,33-34H,13-14,17H2,1-6H3/b8-7-. The van der Waals surface area contributed by atoms with Crippen molar-refractivity contribution in [2.45, 2.75) is 54.7 Å². The lowest BCUT2D eigenvalue weighted by atomic mass is 10.0. The Kier molecular flexibility index (Phi) is 9.91. The second kappa shape index (κ2) is 12.3. The number of amides is 3. The smallest absolute Gasteiger partial charge is 0.383 e. The average Bonchev–Trinajstić information content (AvgIpc) is 3.04. The highest BCUT2D eigenvalue weighted by Gasteiger charge is 2.51. The van der Waals surface area contributed by atoms with Gasteiger partial charge in [0.05, 0.1) is 26.1 Å². The number of carbonyl (C=O) groups is 2. The summed E-state index contributed by atoms with van der Waals surface area (Å²) >= 11 is 6.12. The van der Waals surface area contributed by atoms with Gasteiger partial charge in [0.25, 0.3) is 5.91 Å². The van der Waals surface area contributed by atoms with E-state index in [1.807, 2.05) is 13.8 Å². The molecular weight excluding hydrogens is 645 g/mol. The Morgan fingerprint density at radius 2 is 1.52 bits per heavy atom. The minimum Gasteiger partial charge on any atom is -0.383 e. The normalized spacial score (nSPS) is 16.3. The molecule has 0 saturated carbocycles. The van der Waals surface area contributed by atoms with Crippen LogP contribution in [-0.2, 0) is 30.6 Å². The molecule has 0 aliphatic carbocycles. The fourth-order valence-electron chi connectivity index (χ4n) is 4.47. The molecule has 3 amide bonds. The summed E-state index contributed by atoms with van der Waals surface area (Å²) in [7, 11) is -7.68. The molecule has 16 heteroatoms. The maximum Gasteiger partial charge on any atom is 0.417 e. The zero-order valence-corrected chi connectivity index (χ0v) is 27.3. The Labute approximate surface area is 260 Å². The Morgan fingerprint density at radius 3 is 2.07 bits per heavy atom. The van der Waals surface area contributed by atoms with Gasteiger partial charge in [0.2, 0.25) is 0 Å². The Morgan fingerprint density at radius 1 is 0.932 bits per heavy atom. The van der Waals surface area contributed by atoms with Crippen LogP contribution in [0, 0.1) is 0 Å². The first-order valence-electron chi connectivity index (χ1n) is 13.2. The van der Waals surface area contributed by atoms with Crippen molar-refractivity contribution in [3.63, 3.8) is 0 Å². The first kappa shape index (κ1) is 35.3. The molecule has 0 radical (unpaired) electrons. The maximum atomic E-state index is 13.5. The van der Waals surface area contributed by atoms with Crippen LogP contribution in [0.3, 0.4) is 0 Å². The Bertz CT molecular complexity index is 1710. The molecule has 1 fully saturated rings. The van der Waals surface area contributed by atoms with Crippen molar-refractivity contribution >= 4 is 54.6 Å². The highest BCUT2D eigenvalue weighted by atomic mass is 35.5. The molecule has 44 heavy (non-hydrogen) atoms. The predicted octanol–water partition coefficient (Wildman–Crippen LogP) is 4.75. The van der Waals surface area contributed by atoms with Crippen LogP contribution in [0.5, 0.6) is 0 Å². The van der Waals surface area contributed by atoms with Crippen molar-refractivity contribution < 1.29 is 39.6 Å². The number of sulfone groups is 2. The number of nitrogens with zero attached hydrogens (tertiary/aromatic N) is 2. The minimum atomic E-state index is -4.85. The number of nitrogens with one attached hydrogen (secondary N) is 2. The molecule has 1 aliphatic heterocycles. The quantitative estimate of drug-likeness (QED) is 0.257. The molecule has 242 valence electrons. The van der Waals surface area contributed by atoms with E-state index in [4.69, 9.17) is 11.6 Å². The molecule has 0 bridgehead atoms. The number of rotatable bonds is 11. The van der Waals surface area contributed by atoms with Gasteiger partial charge in [-0.1, -0.05) is 23.8 Å². The molecule has 0 atom stereocenters. The van der Waals surface area contributed by atoms with Crippen molar-refractivity contribution in [3.8, 4) is 0 Å². The SMILES string of the molecule is CC(C)(CNc1ccc(S(C)(=O)=O)c(C(F)(F)F)c1)NC/C=C\CN1C(=O)N(c2ccc(S(C)(=O)=O)c(Cl)c2)C(=O)C1(C)C. The molecule has 3 rings (SSSR count). The zero-order chi connectivity index (χ0) is 33.5. The van der Waals surface area contributed by atoms with Crippen molar-refractivity contribution in [2.24, 2.45) is 0 Å². The number of hydrogen-bond acceptors (Lipinski definition) is 8. The van der Waals surface area contributed by atoms with Crippen molar-refractivity contribution in [1.82, 2.24) is 10.2 Å². The molecule has 2 aromatic rings. The van der Waals surface area contributed by atoms with Crippen LogP contribution in [0.25, 0.3) is 0 Å². The molecule has 0 aromatic heterocycles. The predicted molar refractivity (Wildman–Crippen MR) is 162 cm³/mol. The van der Waals surface area contributed by atoms with Crippen molar-refractivity contribution in [2.75, 3.05) is 42.4 Å². The number of urea groups is 1. The molecule has 1 aliphatic rings. The molecule has 1 heterocycles. The average molecular weight is 679 g/mol. The van der Waals surface area contributed by atoms with E-state index in [1.54, 1.807) is 26.0 Å². The van der Waals surface area contributed by atoms with Crippen LogP contribution in [-0.4, -0.2) is 76.9 Å². The lowest BCUT2D eigenvalue weighted by Crippen LogP contribution is -2.45. The van der Waals surface area contributed by atoms with Gasteiger partial charge >= 0.3 is 12.2 Å². The summed E-state index contributed by atoms with van der Waals surface area (Å²) in [4.78, 5) is 27.8. The van der Waals surface area contributed by atoms with Gasteiger partial charge in [-0.25, -0.2) is 26.5 Å². The van der Waals surface area contributed by atoms with E-state index in [0.717, 1.165) is 29.5 Å². The second-order valence-electron chi connectivity index (χ2n) is 11.6. The molecular formula is C28H34ClF3N4O6S2. The lowest BCUT2D eigenvalue weighted by Gasteiger charge is -2.27. The number of hydrogen-bond donors (Lipinski definition) is 2. The third kappa shape index (κ3) is 7.92. The minimum absolute atomic E-state index is 0.0799. The summed E-state index contributed by atoms with van der Waals surface area (Å²) in [5.74, 6) is -0.511. The number of carbonyl (C=O) groups excluding carboxylic acids is 2.